The van der Waals surface area contributed by atoms with E-state index in [9.17, 15) is 4.39 Å². The van der Waals surface area contributed by atoms with Gasteiger partial charge >= 0.3 is 0 Å². The standard InChI is InChI=1S/C14H17FN4S/c1-3-10(2)20-14-17-16-13-18(8-9-19(13)14)12-6-4-11(15)5-7-12/h4-7,10H,3,8-9H2,1-2H3/t10-/m0/s1. The van der Waals surface area contributed by atoms with Crippen LogP contribution in [0.15, 0.2) is 29.4 Å². The Hall–Kier alpha value is -1.56. The lowest BCUT2D eigenvalue weighted by molar-refractivity contribution is 0.627. The smallest absolute Gasteiger partial charge is 0.232 e. The number of rotatable bonds is 4. The average Bonchev–Trinajstić information content (AvgIpc) is 3.03. The molecule has 0 saturated heterocycles. The Bertz CT molecular complexity index is 596. The molecule has 1 aromatic heterocycles. The van der Waals surface area contributed by atoms with E-state index in [1.54, 1.807) is 23.9 Å². The van der Waals surface area contributed by atoms with Gasteiger partial charge in [0.05, 0.1) is 0 Å². The van der Waals surface area contributed by atoms with Gasteiger partial charge in [0.15, 0.2) is 5.16 Å². The van der Waals surface area contributed by atoms with Crippen molar-refractivity contribution in [2.24, 2.45) is 0 Å². The molecule has 0 spiro atoms. The Balaban J connectivity index is 1.86. The van der Waals surface area contributed by atoms with E-state index in [0.717, 1.165) is 36.3 Å². The number of anilines is 2. The molecule has 1 aromatic carbocycles. The van der Waals surface area contributed by atoms with Gasteiger partial charge in [-0.25, -0.2) is 4.39 Å². The number of nitrogens with zero attached hydrogens (tertiary/aromatic N) is 4. The van der Waals surface area contributed by atoms with E-state index in [1.165, 1.54) is 12.1 Å². The fraction of sp³-hybridized carbons (Fsp3) is 0.429. The molecule has 0 fully saturated rings. The molecule has 0 N–H and O–H groups in total. The highest BCUT2D eigenvalue weighted by atomic mass is 32.2. The maximum absolute atomic E-state index is 13.0. The fourth-order valence-electron chi connectivity index (χ4n) is 2.19. The van der Waals surface area contributed by atoms with Gasteiger partial charge in [0.2, 0.25) is 5.95 Å². The second-order valence-corrected chi connectivity index (χ2v) is 6.30. The van der Waals surface area contributed by atoms with Gasteiger partial charge in [0.1, 0.15) is 5.82 Å². The summed E-state index contributed by atoms with van der Waals surface area (Å²) in [6.07, 6.45) is 1.11. The quantitative estimate of drug-likeness (QED) is 0.808. The molecule has 106 valence electrons. The number of hydrogen-bond donors (Lipinski definition) is 0. The van der Waals surface area contributed by atoms with Crippen LogP contribution in [0.5, 0.6) is 0 Å². The summed E-state index contributed by atoms with van der Waals surface area (Å²) in [5.74, 6) is 0.629. The third kappa shape index (κ3) is 2.40. The van der Waals surface area contributed by atoms with Crippen molar-refractivity contribution >= 4 is 23.4 Å². The molecule has 0 unspecified atom stereocenters. The zero-order chi connectivity index (χ0) is 14.1. The Labute approximate surface area is 122 Å². The van der Waals surface area contributed by atoms with E-state index >= 15 is 0 Å². The number of aromatic nitrogens is 3. The number of fused-ring (bicyclic) bond motifs is 1. The van der Waals surface area contributed by atoms with E-state index in [-0.39, 0.29) is 5.82 Å². The molecule has 0 radical (unpaired) electrons. The molecule has 0 aliphatic carbocycles. The van der Waals surface area contributed by atoms with Crippen molar-refractivity contribution in [3.8, 4) is 0 Å². The molecule has 2 heterocycles. The molecule has 6 heteroatoms. The van der Waals surface area contributed by atoms with Gasteiger partial charge in [-0.2, -0.15) is 0 Å². The first-order valence-electron chi connectivity index (χ1n) is 6.82. The zero-order valence-corrected chi connectivity index (χ0v) is 12.4. The Morgan fingerprint density at radius 1 is 1.25 bits per heavy atom. The third-order valence-corrected chi connectivity index (χ3v) is 4.75. The molecule has 20 heavy (non-hydrogen) atoms. The third-order valence-electron chi connectivity index (χ3n) is 3.51. The minimum Gasteiger partial charge on any atom is -0.309 e. The molecule has 1 aliphatic heterocycles. The first kappa shape index (κ1) is 13.4. The van der Waals surface area contributed by atoms with Crippen LogP contribution in [-0.2, 0) is 6.54 Å². The van der Waals surface area contributed by atoms with Crippen LogP contribution < -0.4 is 4.90 Å². The van der Waals surface area contributed by atoms with Crippen molar-refractivity contribution in [1.82, 2.24) is 14.8 Å². The molecular formula is C14H17FN4S. The SMILES string of the molecule is CC[C@H](C)Sc1nnc2n1CCN2c1ccc(F)cc1. The summed E-state index contributed by atoms with van der Waals surface area (Å²) in [5, 5.41) is 10.1. The molecule has 0 bridgehead atoms. The van der Waals surface area contributed by atoms with Crippen molar-refractivity contribution in [3.63, 3.8) is 0 Å². The Kier molecular flexibility index (Phi) is 3.65. The highest BCUT2D eigenvalue weighted by Gasteiger charge is 2.26. The zero-order valence-electron chi connectivity index (χ0n) is 11.6. The summed E-state index contributed by atoms with van der Waals surface area (Å²) in [7, 11) is 0. The lowest BCUT2D eigenvalue weighted by Crippen LogP contribution is -2.14. The summed E-state index contributed by atoms with van der Waals surface area (Å²) in [4.78, 5) is 2.08. The number of thioether (sulfide) groups is 1. The van der Waals surface area contributed by atoms with Crippen LogP contribution in [0.3, 0.4) is 0 Å². The van der Waals surface area contributed by atoms with Crippen LogP contribution in [0.1, 0.15) is 20.3 Å². The van der Waals surface area contributed by atoms with Gasteiger partial charge in [-0.15, -0.1) is 10.2 Å². The second-order valence-electron chi connectivity index (χ2n) is 4.90. The van der Waals surface area contributed by atoms with Crippen LogP contribution in [0.2, 0.25) is 0 Å². The van der Waals surface area contributed by atoms with Crippen LogP contribution >= 0.6 is 11.8 Å². The Morgan fingerprint density at radius 2 is 2.00 bits per heavy atom. The molecule has 2 aromatic rings. The van der Waals surface area contributed by atoms with E-state index in [2.05, 4.69) is 33.5 Å². The number of halogens is 1. The largest absolute Gasteiger partial charge is 0.309 e. The summed E-state index contributed by atoms with van der Waals surface area (Å²) < 4.78 is 15.1. The average molecular weight is 292 g/mol. The van der Waals surface area contributed by atoms with Gasteiger partial charge in [-0.3, -0.25) is 4.57 Å². The van der Waals surface area contributed by atoms with Gasteiger partial charge in [-0.05, 0) is 30.7 Å². The maximum Gasteiger partial charge on any atom is 0.232 e. The van der Waals surface area contributed by atoms with Gasteiger partial charge in [0, 0.05) is 24.0 Å². The molecular weight excluding hydrogens is 275 g/mol. The van der Waals surface area contributed by atoms with E-state index in [4.69, 9.17) is 0 Å². The predicted molar refractivity (Wildman–Crippen MR) is 79.0 cm³/mol. The fourth-order valence-corrected chi connectivity index (χ4v) is 3.11. The van der Waals surface area contributed by atoms with Crippen molar-refractivity contribution in [3.05, 3.63) is 30.1 Å². The minimum atomic E-state index is -0.220. The summed E-state index contributed by atoms with van der Waals surface area (Å²) in [6, 6.07) is 6.51. The molecule has 3 rings (SSSR count). The van der Waals surface area contributed by atoms with E-state index < -0.39 is 0 Å². The first-order chi connectivity index (χ1) is 9.69. The summed E-state index contributed by atoms with van der Waals surface area (Å²) >= 11 is 1.76. The van der Waals surface area contributed by atoms with Crippen LogP contribution in [0, 0.1) is 5.82 Å². The molecule has 0 amide bonds. The van der Waals surface area contributed by atoms with Crippen LogP contribution in [0.4, 0.5) is 16.0 Å². The topological polar surface area (TPSA) is 34.0 Å². The summed E-state index contributed by atoms with van der Waals surface area (Å²) in [5.41, 5.74) is 0.956. The lowest BCUT2D eigenvalue weighted by Gasteiger charge is -2.14. The van der Waals surface area contributed by atoms with Crippen molar-refractivity contribution in [2.75, 3.05) is 11.4 Å². The van der Waals surface area contributed by atoms with E-state index in [1.807, 2.05) is 0 Å². The molecule has 4 nitrogen and oxygen atoms in total. The predicted octanol–water partition coefficient (Wildman–Crippen LogP) is 3.46. The maximum atomic E-state index is 13.0. The monoisotopic (exact) mass is 292 g/mol. The van der Waals surface area contributed by atoms with Gasteiger partial charge < -0.3 is 4.90 Å². The molecule has 1 aliphatic rings. The lowest BCUT2D eigenvalue weighted by atomic mass is 10.3. The van der Waals surface area contributed by atoms with Crippen molar-refractivity contribution in [2.45, 2.75) is 37.2 Å². The van der Waals surface area contributed by atoms with Crippen molar-refractivity contribution < 1.29 is 4.39 Å². The van der Waals surface area contributed by atoms with Crippen molar-refractivity contribution in [1.29, 1.82) is 0 Å². The normalized spacial score (nSPS) is 15.4. The highest BCUT2D eigenvalue weighted by Crippen LogP contribution is 2.33. The molecule has 0 saturated carbocycles. The first-order valence-corrected chi connectivity index (χ1v) is 7.70. The summed E-state index contributed by atoms with van der Waals surface area (Å²) in [6.45, 7) is 6.09. The molecule has 1 atom stereocenters. The minimum absolute atomic E-state index is 0.220. The van der Waals surface area contributed by atoms with Crippen LogP contribution in [0.25, 0.3) is 0 Å². The number of hydrogen-bond acceptors (Lipinski definition) is 4. The van der Waals surface area contributed by atoms with Gasteiger partial charge in [-0.1, -0.05) is 25.6 Å². The Morgan fingerprint density at radius 3 is 2.70 bits per heavy atom. The highest BCUT2D eigenvalue weighted by molar-refractivity contribution is 7.99. The second kappa shape index (κ2) is 5.44. The van der Waals surface area contributed by atoms with Gasteiger partial charge in [0.25, 0.3) is 0 Å². The van der Waals surface area contributed by atoms with E-state index in [0.29, 0.717) is 5.25 Å². The van der Waals surface area contributed by atoms with Crippen LogP contribution in [-0.4, -0.2) is 26.6 Å². The number of benzene rings is 1.